The molecule has 3 N–H and O–H groups in total. The van der Waals surface area contributed by atoms with Gasteiger partial charge >= 0.3 is 0 Å². The minimum Gasteiger partial charge on any atom is -0.378 e. The summed E-state index contributed by atoms with van der Waals surface area (Å²) in [6, 6.07) is 6.65. The van der Waals surface area contributed by atoms with Crippen LogP contribution in [0.25, 0.3) is 0 Å². The molecule has 20 heavy (non-hydrogen) atoms. The van der Waals surface area contributed by atoms with Crippen molar-refractivity contribution in [1.29, 1.82) is 0 Å². The fraction of sp³-hybridized carbons (Fsp3) is 0.385. The first-order valence-electron chi connectivity index (χ1n) is 6.15. The third-order valence-electron chi connectivity index (χ3n) is 2.71. The summed E-state index contributed by atoms with van der Waals surface area (Å²) >= 11 is 0. The van der Waals surface area contributed by atoms with Crippen molar-refractivity contribution in [1.82, 2.24) is 5.32 Å². The van der Waals surface area contributed by atoms with E-state index in [4.69, 9.17) is 4.74 Å². The maximum Gasteiger partial charge on any atom is 0.243 e. The molecule has 2 rings (SSSR count). The van der Waals surface area contributed by atoms with Crippen molar-refractivity contribution in [2.24, 2.45) is 0 Å². The van der Waals surface area contributed by atoms with Crippen LogP contribution in [0.1, 0.15) is 6.92 Å². The van der Waals surface area contributed by atoms with Crippen LogP contribution in [0.2, 0.25) is 0 Å². The van der Waals surface area contributed by atoms with Gasteiger partial charge in [0, 0.05) is 24.8 Å². The van der Waals surface area contributed by atoms with Crippen LogP contribution in [0.5, 0.6) is 0 Å². The predicted octanol–water partition coefficient (Wildman–Crippen LogP) is 0.994. The van der Waals surface area contributed by atoms with E-state index in [2.05, 4.69) is 16.0 Å². The minimum atomic E-state index is -0.316. The second-order valence-corrected chi connectivity index (χ2v) is 4.33. The van der Waals surface area contributed by atoms with Crippen molar-refractivity contribution in [3.8, 4) is 0 Å². The van der Waals surface area contributed by atoms with Gasteiger partial charge in [0.15, 0.2) is 0 Å². The highest BCUT2D eigenvalue weighted by Crippen LogP contribution is 2.13. The highest BCUT2D eigenvalue weighted by Gasteiger charge is 2.20. The summed E-state index contributed by atoms with van der Waals surface area (Å²) in [6.45, 7) is 3.15. The lowest BCUT2D eigenvalue weighted by molar-refractivity contribution is -0.120. The molecule has 0 aliphatic carbocycles. The normalized spacial score (nSPS) is 17.8. The third kappa shape index (κ3) is 4.80. The lowest BCUT2D eigenvalue weighted by Crippen LogP contribution is -2.48. The third-order valence-corrected chi connectivity index (χ3v) is 2.71. The molecule has 0 spiro atoms. The smallest absolute Gasteiger partial charge is 0.243 e. The van der Waals surface area contributed by atoms with E-state index in [0.717, 1.165) is 0 Å². The van der Waals surface area contributed by atoms with E-state index in [9.17, 15) is 9.59 Å². The lowest BCUT2D eigenvalue weighted by Gasteiger charge is -2.22. The van der Waals surface area contributed by atoms with Crippen molar-refractivity contribution in [3.63, 3.8) is 0 Å². The number of nitrogens with one attached hydrogen (secondary N) is 3. The number of ether oxygens (including phenoxy) is 1. The number of hydrogen-bond acceptors (Lipinski definition) is 4. The molecule has 1 heterocycles. The Morgan fingerprint density at radius 3 is 2.30 bits per heavy atom. The number of halogens is 1. The molecule has 0 radical (unpaired) electrons. The molecule has 1 aromatic rings. The van der Waals surface area contributed by atoms with Crippen LogP contribution in [-0.2, 0) is 14.3 Å². The summed E-state index contributed by atoms with van der Waals surface area (Å²) in [5, 5.41) is 8.55. The summed E-state index contributed by atoms with van der Waals surface area (Å²) in [4.78, 5) is 22.8. The van der Waals surface area contributed by atoms with Gasteiger partial charge < -0.3 is 20.7 Å². The highest BCUT2D eigenvalue weighted by atomic mass is 35.5. The number of hydrogen-bond donors (Lipinski definition) is 3. The Kier molecular flexibility index (Phi) is 6.44. The highest BCUT2D eigenvalue weighted by molar-refractivity contribution is 5.95. The molecule has 110 valence electrons. The summed E-state index contributed by atoms with van der Waals surface area (Å²) < 4.78 is 5.23. The first-order valence-corrected chi connectivity index (χ1v) is 6.15. The second-order valence-electron chi connectivity index (χ2n) is 4.33. The summed E-state index contributed by atoms with van der Waals surface area (Å²) in [5.41, 5.74) is 1.39. The number of benzene rings is 1. The van der Waals surface area contributed by atoms with Crippen LogP contribution in [-0.4, -0.2) is 37.6 Å². The molecule has 0 saturated carbocycles. The molecule has 7 heteroatoms. The topological polar surface area (TPSA) is 79.5 Å². The molecular formula is C13H18ClN3O3. The van der Waals surface area contributed by atoms with Gasteiger partial charge in [-0.3, -0.25) is 9.59 Å². The van der Waals surface area contributed by atoms with Crippen LogP contribution >= 0.6 is 12.4 Å². The largest absolute Gasteiger partial charge is 0.378 e. The van der Waals surface area contributed by atoms with E-state index < -0.39 is 0 Å². The van der Waals surface area contributed by atoms with Gasteiger partial charge in [0.05, 0.1) is 13.2 Å². The van der Waals surface area contributed by atoms with Crippen LogP contribution in [0.4, 0.5) is 11.4 Å². The number of amides is 2. The van der Waals surface area contributed by atoms with Crippen molar-refractivity contribution in [2.75, 3.05) is 30.4 Å². The average Bonchev–Trinajstić information content (AvgIpc) is 2.41. The molecule has 1 fully saturated rings. The number of morpholine rings is 1. The van der Waals surface area contributed by atoms with E-state index >= 15 is 0 Å². The van der Waals surface area contributed by atoms with Gasteiger partial charge in [-0.25, -0.2) is 0 Å². The van der Waals surface area contributed by atoms with Crippen molar-refractivity contribution in [2.45, 2.75) is 13.0 Å². The standard InChI is InChI=1S/C13H17N3O3.ClH/c1-9(17)15-10-2-4-11(5-3-10)16-13(18)12-8-19-7-6-14-12;/h2-5,12,14H,6-8H2,1H3,(H,15,17)(H,16,18);1H. The van der Waals surface area contributed by atoms with Crippen molar-refractivity contribution in [3.05, 3.63) is 24.3 Å². The second kappa shape index (κ2) is 7.84. The van der Waals surface area contributed by atoms with E-state index in [1.165, 1.54) is 6.92 Å². The van der Waals surface area contributed by atoms with Crippen LogP contribution < -0.4 is 16.0 Å². The number of rotatable bonds is 3. The minimum absolute atomic E-state index is 0. The molecule has 1 saturated heterocycles. The Labute approximate surface area is 123 Å². The van der Waals surface area contributed by atoms with E-state index in [0.29, 0.717) is 31.1 Å². The molecule has 1 unspecified atom stereocenters. The molecule has 0 aromatic heterocycles. The van der Waals surface area contributed by atoms with Gasteiger partial charge in [-0.1, -0.05) is 0 Å². The van der Waals surface area contributed by atoms with Crippen molar-refractivity contribution < 1.29 is 14.3 Å². The summed E-state index contributed by atoms with van der Waals surface area (Å²) in [6.07, 6.45) is 0. The lowest BCUT2D eigenvalue weighted by atomic mass is 10.2. The van der Waals surface area contributed by atoms with Crippen LogP contribution in [0, 0.1) is 0 Å². The fourth-order valence-electron chi connectivity index (χ4n) is 1.80. The zero-order valence-electron chi connectivity index (χ0n) is 11.1. The Balaban J connectivity index is 0.00000200. The molecule has 1 aliphatic rings. The predicted molar refractivity (Wildman–Crippen MR) is 79.2 cm³/mol. The van der Waals surface area contributed by atoms with E-state index in [1.807, 2.05) is 0 Å². The molecule has 2 amide bonds. The average molecular weight is 300 g/mol. The van der Waals surface area contributed by atoms with Gasteiger partial charge in [-0.05, 0) is 24.3 Å². The molecular weight excluding hydrogens is 282 g/mol. The molecule has 1 aromatic carbocycles. The number of anilines is 2. The maximum atomic E-state index is 11.9. The summed E-state index contributed by atoms with van der Waals surface area (Å²) in [7, 11) is 0. The zero-order chi connectivity index (χ0) is 13.7. The number of carbonyl (C=O) groups excluding carboxylic acids is 2. The van der Waals surface area contributed by atoms with Gasteiger partial charge in [0.25, 0.3) is 0 Å². The monoisotopic (exact) mass is 299 g/mol. The summed E-state index contributed by atoms with van der Waals surface area (Å²) in [5.74, 6) is -0.243. The quantitative estimate of drug-likeness (QED) is 0.778. The maximum absolute atomic E-state index is 11.9. The zero-order valence-corrected chi connectivity index (χ0v) is 12.0. The first-order chi connectivity index (χ1) is 9.15. The Hall–Kier alpha value is -1.63. The van der Waals surface area contributed by atoms with Crippen molar-refractivity contribution >= 4 is 35.6 Å². The van der Waals surface area contributed by atoms with Crippen LogP contribution in [0.15, 0.2) is 24.3 Å². The van der Waals surface area contributed by atoms with Gasteiger partial charge in [0.2, 0.25) is 11.8 Å². The Morgan fingerprint density at radius 2 is 1.80 bits per heavy atom. The number of carbonyl (C=O) groups is 2. The Morgan fingerprint density at radius 1 is 1.20 bits per heavy atom. The molecule has 1 atom stereocenters. The van der Waals surface area contributed by atoms with Gasteiger partial charge in [-0.2, -0.15) is 0 Å². The molecule has 6 nitrogen and oxygen atoms in total. The SMILES string of the molecule is CC(=O)Nc1ccc(NC(=O)C2COCCN2)cc1.Cl. The van der Waals surface area contributed by atoms with Gasteiger partial charge in [-0.15, -0.1) is 12.4 Å². The molecule has 0 bridgehead atoms. The molecule has 1 aliphatic heterocycles. The van der Waals surface area contributed by atoms with Crippen LogP contribution in [0.3, 0.4) is 0 Å². The fourth-order valence-corrected chi connectivity index (χ4v) is 1.80. The first kappa shape index (κ1) is 16.4. The Bertz CT molecular complexity index is 458. The van der Waals surface area contributed by atoms with Gasteiger partial charge in [0.1, 0.15) is 6.04 Å². The van der Waals surface area contributed by atoms with E-state index in [-0.39, 0.29) is 30.3 Å². The van der Waals surface area contributed by atoms with E-state index in [1.54, 1.807) is 24.3 Å².